The van der Waals surface area contributed by atoms with Crippen LogP contribution in [0.2, 0.25) is 0 Å². The zero-order valence-electron chi connectivity index (χ0n) is 50.5. The van der Waals surface area contributed by atoms with Crippen LogP contribution < -0.4 is 9.80 Å². The maximum absolute atomic E-state index is 7.33. The van der Waals surface area contributed by atoms with E-state index in [9.17, 15) is 0 Å². The van der Waals surface area contributed by atoms with Crippen molar-refractivity contribution in [2.45, 2.75) is 0 Å². The van der Waals surface area contributed by atoms with Crippen LogP contribution in [-0.4, -0.2) is 0 Å². The van der Waals surface area contributed by atoms with Crippen molar-refractivity contribution in [2.24, 2.45) is 0 Å². The van der Waals surface area contributed by atoms with Gasteiger partial charge in [0, 0.05) is 103 Å². The Bertz CT molecular complexity index is 6530. The van der Waals surface area contributed by atoms with E-state index in [1.165, 1.54) is 52.5 Å². The molecule has 0 saturated heterocycles. The molecule has 94 heavy (non-hydrogen) atoms. The van der Waals surface area contributed by atoms with E-state index in [1.807, 2.05) is 17.4 Å². The Morgan fingerprint density at radius 1 is 0.223 bits per heavy atom. The fourth-order valence-corrected chi connectivity index (χ4v) is 16.3. The lowest BCUT2D eigenvalue weighted by molar-refractivity contribution is 0.669. The highest BCUT2D eigenvalue weighted by Gasteiger charge is 2.25. The van der Waals surface area contributed by atoms with E-state index < -0.39 is 0 Å². The molecule has 0 fully saturated rings. The third-order valence-electron chi connectivity index (χ3n) is 19.3. The Kier molecular flexibility index (Phi) is 11.5. The van der Waals surface area contributed by atoms with Crippen molar-refractivity contribution in [3.8, 4) is 33.4 Å². The molecule has 0 aliphatic rings. The summed E-state index contributed by atoms with van der Waals surface area (Å²) in [6.07, 6.45) is 0. The highest BCUT2D eigenvalue weighted by Crippen LogP contribution is 2.50. The topological polar surface area (TPSA) is 45.9 Å². The van der Waals surface area contributed by atoms with Crippen LogP contribution in [0, 0.1) is 0 Å². The van der Waals surface area contributed by atoms with Crippen molar-refractivity contribution in [1.29, 1.82) is 0 Å². The number of para-hydroxylation sites is 4. The summed E-state index contributed by atoms with van der Waals surface area (Å²) >= 11 is 1.85. The third kappa shape index (κ3) is 8.13. The molecule has 0 saturated carbocycles. The summed E-state index contributed by atoms with van der Waals surface area (Å²) in [7, 11) is 0. The number of hydrogen-bond donors (Lipinski definition) is 0. The number of rotatable bonds is 9. The highest BCUT2D eigenvalue weighted by molar-refractivity contribution is 7.25. The van der Waals surface area contributed by atoms with Gasteiger partial charge in [0.1, 0.15) is 33.5 Å². The zero-order valence-corrected chi connectivity index (χ0v) is 51.4. The minimum absolute atomic E-state index is 0.828. The highest BCUT2D eigenvalue weighted by atomic mass is 32.1. The molecule has 0 N–H and O–H groups in total. The van der Waals surface area contributed by atoms with Crippen LogP contribution >= 0.6 is 11.3 Å². The molecule has 438 valence electrons. The summed E-state index contributed by atoms with van der Waals surface area (Å²) in [6.45, 7) is 0. The lowest BCUT2D eigenvalue weighted by Crippen LogP contribution is -2.14. The summed E-state index contributed by atoms with van der Waals surface area (Å²) in [6, 6.07) is 115. The summed E-state index contributed by atoms with van der Waals surface area (Å²) in [5.41, 5.74) is 17.5. The first-order valence-corrected chi connectivity index (χ1v) is 32.7. The standard InChI is InChI=1S/C88H52N2O3S/c1-2-21-58(22-3-1)90(79-49-55-19-4-5-24-63(55)66-25-6-9-28-69(66)79)62-47-57(53-39-42-72-71-30-13-15-38-83(71)94-84(72)50-53)46-61(51-62)89(60-41-44-81-77(52-60)70-29-12-14-37-80(70)91-81)59-23-16-20-54(45-59)64-33-17-35-75-76-36-18-34-65(87(76)93-86(64)75)56-40-43-82-78(48-56)85-73-31-10-7-26-67(73)68-27-8-11-32-74(68)88(85)92-82/h1-52H. The molecular weight excluding hydrogens is 1170 g/mol. The van der Waals surface area contributed by atoms with Crippen molar-refractivity contribution >= 4 is 175 Å². The predicted octanol–water partition coefficient (Wildman–Crippen LogP) is 26.3. The number of nitrogens with zero attached hydrogens (tertiary/aromatic N) is 2. The van der Waals surface area contributed by atoms with Gasteiger partial charge in [0.15, 0.2) is 0 Å². The van der Waals surface area contributed by atoms with E-state index in [0.29, 0.717) is 0 Å². The van der Waals surface area contributed by atoms with Gasteiger partial charge in [-0.3, -0.25) is 0 Å². The number of hydrogen-bond acceptors (Lipinski definition) is 6. The van der Waals surface area contributed by atoms with Gasteiger partial charge in [0.05, 0.1) is 5.69 Å². The van der Waals surface area contributed by atoms with Gasteiger partial charge in [0.2, 0.25) is 0 Å². The average molecular weight is 1220 g/mol. The third-order valence-corrected chi connectivity index (χ3v) is 20.5. The van der Waals surface area contributed by atoms with Crippen LogP contribution in [0.5, 0.6) is 0 Å². The van der Waals surface area contributed by atoms with Crippen LogP contribution in [0.4, 0.5) is 34.1 Å². The molecule has 0 atom stereocenters. The van der Waals surface area contributed by atoms with Crippen molar-refractivity contribution < 1.29 is 13.3 Å². The molecular formula is C88H52N2O3S. The molecule has 0 unspecified atom stereocenters. The second kappa shape index (κ2) is 20.7. The fourth-order valence-electron chi connectivity index (χ4n) is 15.1. The second-order valence-corrected chi connectivity index (χ2v) is 25.7. The number of anilines is 6. The summed E-state index contributed by atoms with van der Waals surface area (Å²) in [4.78, 5) is 4.88. The maximum Gasteiger partial charge on any atom is 0.143 e. The Balaban J connectivity index is 0.800. The Morgan fingerprint density at radius 2 is 0.755 bits per heavy atom. The second-order valence-electron chi connectivity index (χ2n) is 24.6. The van der Waals surface area contributed by atoms with E-state index in [1.54, 1.807) is 0 Å². The number of benzene rings is 16. The van der Waals surface area contributed by atoms with Gasteiger partial charge in [-0.1, -0.05) is 218 Å². The zero-order chi connectivity index (χ0) is 61.5. The molecule has 6 heteroatoms. The van der Waals surface area contributed by atoms with Crippen LogP contribution in [0.3, 0.4) is 0 Å². The summed E-state index contributed by atoms with van der Waals surface area (Å²) in [5, 5.41) is 18.4. The minimum Gasteiger partial charge on any atom is -0.456 e. The molecule has 0 aliphatic heterocycles. The van der Waals surface area contributed by atoms with E-state index in [4.69, 9.17) is 13.3 Å². The number of fused-ring (bicyclic) bond motifs is 20. The Hall–Kier alpha value is -12.2. The van der Waals surface area contributed by atoms with Crippen molar-refractivity contribution in [2.75, 3.05) is 9.80 Å². The molecule has 0 bridgehead atoms. The van der Waals surface area contributed by atoms with Gasteiger partial charge in [-0.15, -0.1) is 11.3 Å². The summed E-state index contributed by atoms with van der Waals surface area (Å²) in [5.74, 6) is 0. The molecule has 20 rings (SSSR count). The Labute approximate surface area is 543 Å². The number of furan rings is 3. The van der Waals surface area contributed by atoms with E-state index >= 15 is 0 Å². The molecule has 0 spiro atoms. The van der Waals surface area contributed by atoms with Crippen molar-refractivity contribution in [3.63, 3.8) is 0 Å². The van der Waals surface area contributed by atoms with E-state index in [2.05, 4.69) is 319 Å². The Morgan fingerprint density at radius 3 is 1.55 bits per heavy atom. The largest absolute Gasteiger partial charge is 0.456 e. The van der Waals surface area contributed by atoms with Crippen LogP contribution in [0.15, 0.2) is 329 Å². The molecule has 0 amide bonds. The van der Waals surface area contributed by atoms with Gasteiger partial charge in [0.25, 0.3) is 0 Å². The van der Waals surface area contributed by atoms with Crippen molar-refractivity contribution in [1.82, 2.24) is 0 Å². The van der Waals surface area contributed by atoms with Gasteiger partial charge >= 0.3 is 0 Å². The average Bonchev–Trinajstić information content (AvgIpc) is 1.38. The number of thiophene rings is 1. The van der Waals surface area contributed by atoms with Gasteiger partial charge < -0.3 is 23.1 Å². The van der Waals surface area contributed by atoms with Crippen molar-refractivity contribution in [3.05, 3.63) is 315 Å². The van der Waals surface area contributed by atoms with Crippen LogP contribution in [-0.2, 0) is 0 Å². The van der Waals surface area contributed by atoms with E-state index in [-0.39, 0.29) is 0 Å². The predicted molar refractivity (Wildman–Crippen MR) is 397 cm³/mol. The first-order chi connectivity index (χ1) is 46.6. The molecule has 20 aromatic rings. The lowest BCUT2D eigenvalue weighted by atomic mass is 9.95. The van der Waals surface area contributed by atoms with Gasteiger partial charge in [-0.25, -0.2) is 0 Å². The molecule has 4 aromatic heterocycles. The van der Waals surface area contributed by atoms with Gasteiger partial charge in [-0.05, 0) is 152 Å². The SMILES string of the molecule is c1ccc(N(c2cc(-c3ccc4c(c3)sc3ccccc34)cc(N(c3cccc(-c4cccc5c4oc4c(-c6ccc7oc8c9ccccc9c9ccccc9c8c7c6)cccc45)c3)c3ccc4oc5ccccc5c4c3)c2)c2cc3ccccc3c3ccccc23)cc1. The smallest absolute Gasteiger partial charge is 0.143 e. The first-order valence-electron chi connectivity index (χ1n) is 31.9. The van der Waals surface area contributed by atoms with Crippen LogP contribution in [0.25, 0.3) is 162 Å². The van der Waals surface area contributed by atoms with Crippen LogP contribution in [0.1, 0.15) is 0 Å². The molecule has 0 aliphatic carbocycles. The quantitative estimate of drug-likeness (QED) is 0.135. The molecule has 4 heterocycles. The maximum atomic E-state index is 7.33. The fraction of sp³-hybridized carbons (Fsp3) is 0. The van der Waals surface area contributed by atoms with E-state index in [0.717, 1.165) is 144 Å². The minimum atomic E-state index is 0.828. The first kappa shape index (κ1) is 52.5. The molecule has 16 aromatic carbocycles. The molecule has 0 radical (unpaired) electrons. The normalized spacial score (nSPS) is 12.0. The van der Waals surface area contributed by atoms with Gasteiger partial charge in [-0.2, -0.15) is 0 Å². The molecule has 5 nitrogen and oxygen atoms in total. The monoisotopic (exact) mass is 1220 g/mol. The lowest BCUT2D eigenvalue weighted by Gasteiger charge is -2.31. The summed E-state index contributed by atoms with van der Waals surface area (Å²) < 4.78 is 23.2.